The van der Waals surface area contributed by atoms with Crippen LogP contribution in [0.1, 0.15) is 32.1 Å². The second-order valence-corrected chi connectivity index (χ2v) is 6.80. The summed E-state index contributed by atoms with van der Waals surface area (Å²) < 4.78 is 0. The molecule has 1 unspecified atom stereocenters. The van der Waals surface area contributed by atoms with E-state index in [4.69, 9.17) is 0 Å². The highest BCUT2D eigenvalue weighted by atomic mass is 32.2. The van der Waals surface area contributed by atoms with Gasteiger partial charge in [-0.1, -0.05) is 24.6 Å². The van der Waals surface area contributed by atoms with Crippen LogP contribution in [0.15, 0.2) is 23.4 Å². The van der Waals surface area contributed by atoms with E-state index in [2.05, 4.69) is 15.6 Å². The third-order valence-electron chi connectivity index (χ3n) is 4.01. The number of amides is 2. The van der Waals surface area contributed by atoms with Crippen LogP contribution in [0.2, 0.25) is 0 Å². The minimum atomic E-state index is -0.393. The number of nitrogens with zero attached hydrogens (tertiary/aromatic N) is 1. The maximum Gasteiger partial charge on any atom is 0.238 e. The highest BCUT2D eigenvalue weighted by Crippen LogP contribution is 2.34. The highest BCUT2D eigenvalue weighted by Gasteiger charge is 2.29. The van der Waals surface area contributed by atoms with E-state index in [1.54, 1.807) is 12.3 Å². The maximum absolute atomic E-state index is 12.0. The number of fused-ring (bicyclic) bond motifs is 1. The van der Waals surface area contributed by atoms with E-state index in [-0.39, 0.29) is 18.2 Å². The lowest BCUT2D eigenvalue weighted by atomic mass is 10.1. The first kappa shape index (κ1) is 14.4. The number of hydrogen-bond donors (Lipinski definition) is 2. The Morgan fingerprint density at radius 3 is 3.05 bits per heavy atom. The van der Waals surface area contributed by atoms with Gasteiger partial charge in [0.15, 0.2) is 0 Å². The monoisotopic (exact) mass is 305 g/mol. The molecular weight excluding hydrogens is 286 g/mol. The number of thioether (sulfide) groups is 1. The van der Waals surface area contributed by atoms with E-state index in [1.807, 2.05) is 6.07 Å². The van der Waals surface area contributed by atoms with Gasteiger partial charge in [0.2, 0.25) is 11.8 Å². The van der Waals surface area contributed by atoms with Gasteiger partial charge in [0, 0.05) is 19.2 Å². The molecule has 0 radical (unpaired) electrons. The SMILES string of the molecule is O=C(CC1Sc2ncccc2NC1=O)NCC1CCCC1. The molecule has 1 saturated carbocycles. The zero-order valence-corrected chi connectivity index (χ0v) is 12.6. The normalized spacial score (nSPS) is 21.7. The summed E-state index contributed by atoms with van der Waals surface area (Å²) in [5.41, 5.74) is 0.732. The van der Waals surface area contributed by atoms with Gasteiger partial charge in [-0.05, 0) is 30.9 Å². The summed E-state index contributed by atoms with van der Waals surface area (Å²) in [7, 11) is 0. The minimum absolute atomic E-state index is 0.0473. The molecule has 2 amide bonds. The summed E-state index contributed by atoms with van der Waals surface area (Å²) in [5, 5.41) is 6.16. The number of hydrogen-bond acceptors (Lipinski definition) is 4. The summed E-state index contributed by atoms with van der Waals surface area (Å²) >= 11 is 1.37. The number of rotatable bonds is 4. The number of carbonyl (C=O) groups is 2. The van der Waals surface area contributed by atoms with Gasteiger partial charge in [0.25, 0.3) is 0 Å². The molecule has 1 fully saturated rings. The van der Waals surface area contributed by atoms with E-state index in [0.29, 0.717) is 5.92 Å². The van der Waals surface area contributed by atoms with Crippen molar-refractivity contribution in [3.05, 3.63) is 18.3 Å². The second-order valence-electron chi connectivity index (χ2n) is 5.61. The summed E-state index contributed by atoms with van der Waals surface area (Å²) in [6.45, 7) is 0.743. The first-order chi connectivity index (χ1) is 10.2. The van der Waals surface area contributed by atoms with Crippen LogP contribution in [-0.2, 0) is 9.59 Å². The molecule has 1 aliphatic heterocycles. The molecular formula is C15H19N3O2S. The van der Waals surface area contributed by atoms with Crippen molar-refractivity contribution in [2.45, 2.75) is 42.4 Å². The molecule has 1 atom stereocenters. The Hall–Kier alpha value is -1.56. The first-order valence-corrected chi connectivity index (χ1v) is 8.29. The largest absolute Gasteiger partial charge is 0.356 e. The van der Waals surface area contributed by atoms with Gasteiger partial charge in [0.1, 0.15) is 5.03 Å². The molecule has 2 aliphatic rings. The van der Waals surface area contributed by atoms with E-state index in [0.717, 1.165) is 17.3 Å². The molecule has 1 aromatic heterocycles. The molecule has 0 aromatic carbocycles. The highest BCUT2D eigenvalue weighted by molar-refractivity contribution is 8.00. The lowest BCUT2D eigenvalue weighted by Gasteiger charge is -2.22. The quantitative estimate of drug-likeness (QED) is 0.894. The lowest BCUT2D eigenvalue weighted by Crippen LogP contribution is -2.36. The number of pyridine rings is 1. The van der Waals surface area contributed by atoms with Gasteiger partial charge in [0.05, 0.1) is 10.9 Å². The van der Waals surface area contributed by atoms with Crippen molar-refractivity contribution in [1.29, 1.82) is 0 Å². The molecule has 1 aromatic rings. The predicted molar refractivity (Wildman–Crippen MR) is 82.1 cm³/mol. The zero-order chi connectivity index (χ0) is 14.7. The summed E-state index contributed by atoms with van der Waals surface area (Å²) in [6.07, 6.45) is 6.85. The topological polar surface area (TPSA) is 71.1 Å². The molecule has 3 rings (SSSR count). The summed E-state index contributed by atoms with van der Waals surface area (Å²) in [4.78, 5) is 28.3. The average molecular weight is 305 g/mol. The standard InChI is InChI=1S/C15H19N3O2S/c19-13(17-9-10-4-1-2-5-10)8-12-14(20)18-11-6-3-7-16-15(11)21-12/h3,6-7,10,12H,1-2,4-5,8-9H2,(H,17,19)(H,18,20). The molecule has 6 heteroatoms. The van der Waals surface area contributed by atoms with Crippen LogP contribution >= 0.6 is 11.8 Å². The van der Waals surface area contributed by atoms with Gasteiger partial charge >= 0.3 is 0 Å². The van der Waals surface area contributed by atoms with E-state index >= 15 is 0 Å². The van der Waals surface area contributed by atoms with E-state index < -0.39 is 5.25 Å². The Labute approximate surface area is 128 Å². The Morgan fingerprint density at radius 2 is 2.24 bits per heavy atom. The second kappa shape index (κ2) is 6.47. The third kappa shape index (κ3) is 3.56. The Morgan fingerprint density at radius 1 is 1.43 bits per heavy atom. The fraction of sp³-hybridized carbons (Fsp3) is 0.533. The molecule has 1 aliphatic carbocycles. The Kier molecular flexibility index (Phi) is 4.43. The van der Waals surface area contributed by atoms with Crippen molar-refractivity contribution in [3.8, 4) is 0 Å². The number of aromatic nitrogens is 1. The van der Waals surface area contributed by atoms with Crippen LogP contribution in [0.5, 0.6) is 0 Å². The zero-order valence-electron chi connectivity index (χ0n) is 11.8. The number of nitrogens with one attached hydrogen (secondary N) is 2. The average Bonchev–Trinajstić information content (AvgIpc) is 2.99. The Bertz CT molecular complexity index is 543. The minimum Gasteiger partial charge on any atom is -0.356 e. The maximum atomic E-state index is 12.0. The summed E-state index contributed by atoms with van der Waals surface area (Å²) in [6, 6.07) is 3.61. The number of carbonyl (C=O) groups excluding carboxylic acids is 2. The van der Waals surface area contributed by atoms with Gasteiger partial charge in [-0.3, -0.25) is 9.59 Å². The molecule has 21 heavy (non-hydrogen) atoms. The predicted octanol–water partition coefficient (Wildman–Crippen LogP) is 2.19. The molecule has 0 bridgehead atoms. The first-order valence-electron chi connectivity index (χ1n) is 7.41. The van der Waals surface area contributed by atoms with Crippen molar-refractivity contribution in [2.75, 3.05) is 11.9 Å². The van der Waals surface area contributed by atoms with Crippen molar-refractivity contribution >= 4 is 29.3 Å². The van der Waals surface area contributed by atoms with Crippen molar-refractivity contribution in [2.24, 2.45) is 5.92 Å². The fourth-order valence-corrected chi connectivity index (χ4v) is 3.87. The van der Waals surface area contributed by atoms with Crippen LogP contribution in [0.25, 0.3) is 0 Å². The molecule has 112 valence electrons. The molecule has 2 heterocycles. The fourth-order valence-electron chi connectivity index (χ4n) is 2.83. The van der Waals surface area contributed by atoms with Crippen LogP contribution in [0.4, 0.5) is 5.69 Å². The van der Waals surface area contributed by atoms with Crippen LogP contribution in [-0.4, -0.2) is 28.6 Å². The number of anilines is 1. The van der Waals surface area contributed by atoms with Gasteiger partial charge in [-0.25, -0.2) is 4.98 Å². The lowest BCUT2D eigenvalue weighted by molar-refractivity contribution is -0.124. The van der Waals surface area contributed by atoms with Crippen molar-refractivity contribution in [3.63, 3.8) is 0 Å². The summed E-state index contributed by atoms with van der Waals surface area (Å²) in [5.74, 6) is 0.453. The van der Waals surface area contributed by atoms with Crippen LogP contribution in [0.3, 0.4) is 0 Å². The van der Waals surface area contributed by atoms with Gasteiger partial charge < -0.3 is 10.6 Å². The third-order valence-corrected chi connectivity index (χ3v) is 5.22. The van der Waals surface area contributed by atoms with Crippen LogP contribution in [0, 0.1) is 5.92 Å². The molecule has 2 N–H and O–H groups in total. The molecule has 5 nitrogen and oxygen atoms in total. The van der Waals surface area contributed by atoms with E-state index in [9.17, 15) is 9.59 Å². The van der Waals surface area contributed by atoms with Crippen molar-refractivity contribution in [1.82, 2.24) is 10.3 Å². The smallest absolute Gasteiger partial charge is 0.238 e. The van der Waals surface area contributed by atoms with E-state index in [1.165, 1.54) is 37.4 Å². The molecule has 0 spiro atoms. The molecule has 0 saturated heterocycles. The van der Waals surface area contributed by atoms with Crippen molar-refractivity contribution < 1.29 is 9.59 Å². The Balaban J connectivity index is 1.52. The van der Waals surface area contributed by atoms with Gasteiger partial charge in [-0.15, -0.1) is 0 Å². The van der Waals surface area contributed by atoms with Crippen LogP contribution < -0.4 is 10.6 Å². The van der Waals surface area contributed by atoms with Gasteiger partial charge in [-0.2, -0.15) is 0 Å².